The van der Waals surface area contributed by atoms with Gasteiger partial charge in [0.25, 0.3) is 5.91 Å². The van der Waals surface area contributed by atoms with Crippen LogP contribution >= 0.6 is 15.9 Å². The first kappa shape index (κ1) is 16.9. The minimum Gasteiger partial charge on any atom is -0.481 e. The molecular formula is C17H15BrN2O3. The number of hydrogen-bond donors (Lipinski definition) is 2. The second-order valence-electron chi connectivity index (χ2n) is 4.77. The zero-order valence-corrected chi connectivity index (χ0v) is 13.8. The Hall–Kier alpha value is -2.47. The molecule has 2 aromatic rings. The van der Waals surface area contributed by atoms with E-state index >= 15 is 0 Å². The van der Waals surface area contributed by atoms with Crippen LogP contribution in [0.25, 0.3) is 0 Å². The number of nitrogens with zero attached hydrogens (tertiary/aromatic N) is 1. The third kappa shape index (κ3) is 5.34. The summed E-state index contributed by atoms with van der Waals surface area (Å²) in [5.41, 5.74) is 4.26. The van der Waals surface area contributed by atoms with Crippen LogP contribution in [0.5, 0.6) is 0 Å². The minimum absolute atomic E-state index is 0.0537. The maximum Gasteiger partial charge on any atom is 0.303 e. The van der Waals surface area contributed by atoms with Crippen LogP contribution in [0, 0.1) is 0 Å². The lowest BCUT2D eigenvalue weighted by Crippen LogP contribution is -2.20. The van der Waals surface area contributed by atoms with Crippen molar-refractivity contribution in [2.24, 2.45) is 5.10 Å². The summed E-state index contributed by atoms with van der Waals surface area (Å²) in [5.74, 6) is -1.26. The molecule has 0 saturated carbocycles. The summed E-state index contributed by atoms with van der Waals surface area (Å²) in [7, 11) is 0. The molecule has 0 saturated heterocycles. The topological polar surface area (TPSA) is 78.8 Å². The molecule has 0 aromatic heterocycles. The van der Waals surface area contributed by atoms with Gasteiger partial charge in [0, 0.05) is 16.5 Å². The van der Waals surface area contributed by atoms with Gasteiger partial charge in [0.1, 0.15) is 0 Å². The molecular weight excluding hydrogens is 360 g/mol. The molecule has 118 valence electrons. The summed E-state index contributed by atoms with van der Waals surface area (Å²) in [5, 5.41) is 13.0. The number of halogens is 1. The number of hydrogen-bond acceptors (Lipinski definition) is 3. The second-order valence-corrected chi connectivity index (χ2v) is 5.68. The van der Waals surface area contributed by atoms with Crippen LogP contribution in [0.15, 0.2) is 64.2 Å². The molecule has 2 aromatic carbocycles. The van der Waals surface area contributed by atoms with Crippen molar-refractivity contribution in [3.63, 3.8) is 0 Å². The molecule has 0 aliphatic carbocycles. The summed E-state index contributed by atoms with van der Waals surface area (Å²) in [6.45, 7) is 0. The maximum atomic E-state index is 12.1. The van der Waals surface area contributed by atoms with Gasteiger partial charge in [0.15, 0.2) is 0 Å². The summed E-state index contributed by atoms with van der Waals surface area (Å²) in [6, 6.07) is 16.1. The number of hydrazone groups is 1. The van der Waals surface area contributed by atoms with Gasteiger partial charge in [-0.25, -0.2) is 5.43 Å². The number of carboxylic acid groups (broad SMARTS) is 1. The van der Waals surface area contributed by atoms with Crippen LogP contribution in [0.4, 0.5) is 0 Å². The van der Waals surface area contributed by atoms with E-state index in [9.17, 15) is 9.59 Å². The first-order valence-electron chi connectivity index (χ1n) is 6.96. The van der Waals surface area contributed by atoms with E-state index < -0.39 is 5.97 Å². The number of carboxylic acids is 1. The van der Waals surface area contributed by atoms with Crippen molar-refractivity contribution in [2.75, 3.05) is 0 Å². The fraction of sp³-hybridized carbons (Fsp3) is 0.118. The predicted molar refractivity (Wildman–Crippen MR) is 91.5 cm³/mol. The monoisotopic (exact) mass is 374 g/mol. The molecule has 0 fully saturated rings. The molecule has 1 amide bonds. The summed E-state index contributed by atoms with van der Waals surface area (Å²) >= 11 is 3.31. The molecule has 2 rings (SSSR count). The summed E-state index contributed by atoms with van der Waals surface area (Å²) in [6.07, 6.45) is 0.182. The number of aliphatic carboxylic acids is 1. The van der Waals surface area contributed by atoms with Crippen molar-refractivity contribution in [3.8, 4) is 0 Å². The Labute approximate surface area is 142 Å². The predicted octanol–water partition coefficient (Wildman–Crippen LogP) is 3.45. The highest BCUT2D eigenvalue weighted by Gasteiger charge is 2.09. The number of benzene rings is 2. The Morgan fingerprint density at radius 2 is 1.61 bits per heavy atom. The molecule has 0 atom stereocenters. The van der Waals surface area contributed by atoms with E-state index in [1.54, 1.807) is 24.3 Å². The normalized spacial score (nSPS) is 11.1. The van der Waals surface area contributed by atoms with Crippen molar-refractivity contribution < 1.29 is 14.7 Å². The summed E-state index contributed by atoms with van der Waals surface area (Å²) in [4.78, 5) is 22.9. The Morgan fingerprint density at radius 3 is 2.22 bits per heavy atom. The fourth-order valence-corrected chi connectivity index (χ4v) is 2.17. The van der Waals surface area contributed by atoms with Gasteiger partial charge in [0.2, 0.25) is 0 Å². The average molecular weight is 375 g/mol. The van der Waals surface area contributed by atoms with E-state index in [1.807, 2.05) is 30.3 Å². The van der Waals surface area contributed by atoms with Gasteiger partial charge in [-0.2, -0.15) is 5.10 Å². The van der Waals surface area contributed by atoms with Crippen LogP contribution < -0.4 is 5.43 Å². The van der Waals surface area contributed by atoms with Crippen molar-refractivity contribution in [1.29, 1.82) is 0 Å². The van der Waals surface area contributed by atoms with E-state index in [1.165, 1.54) is 0 Å². The van der Waals surface area contributed by atoms with Crippen LogP contribution in [0.1, 0.15) is 28.8 Å². The van der Waals surface area contributed by atoms with Crippen LogP contribution in [-0.2, 0) is 4.79 Å². The highest BCUT2D eigenvalue weighted by molar-refractivity contribution is 9.10. The zero-order valence-electron chi connectivity index (χ0n) is 12.2. The Bertz CT molecular complexity index is 712. The number of rotatable bonds is 6. The molecule has 0 bridgehead atoms. The SMILES string of the molecule is O=C(O)CCC(=NNC(=O)c1ccc(Br)cc1)c1ccccc1. The molecule has 0 spiro atoms. The van der Waals surface area contributed by atoms with Crippen molar-refractivity contribution in [3.05, 3.63) is 70.2 Å². The molecule has 2 N–H and O–H groups in total. The molecule has 0 unspecified atom stereocenters. The molecule has 0 aliphatic heterocycles. The van der Waals surface area contributed by atoms with Gasteiger partial charge in [-0.3, -0.25) is 9.59 Å². The van der Waals surface area contributed by atoms with Crippen LogP contribution in [0.3, 0.4) is 0 Å². The van der Waals surface area contributed by atoms with E-state index in [4.69, 9.17) is 5.11 Å². The highest BCUT2D eigenvalue weighted by atomic mass is 79.9. The molecule has 0 heterocycles. The average Bonchev–Trinajstić information content (AvgIpc) is 2.56. The van der Waals surface area contributed by atoms with Crippen molar-refractivity contribution >= 4 is 33.5 Å². The molecule has 23 heavy (non-hydrogen) atoms. The minimum atomic E-state index is -0.909. The second kappa shape index (κ2) is 8.24. The van der Waals surface area contributed by atoms with Gasteiger partial charge in [-0.05, 0) is 29.8 Å². The first-order valence-corrected chi connectivity index (χ1v) is 7.75. The zero-order chi connectivity index (χ0) is 16.7. The van der Waals surface area contributed by atoms with Crippen molar-refractivity contribution in [1.82, 2.24) is 5.43 Å². The number of carbonyl (C=O) groups is 2. The van der Waals surface area contributed by atoms with E-state index in [0.717, 1.165) is 10.0 Å². The molecule has 0 aliphatic rings. The lowest BCUT2D eigenvalue weighted by molar-refractivity contribution is -0.136. The van der Waals surface area contributed by atoms with Gasteiger partial charge in [-0.15, -0.1) is 0 Å². The van der Waals surface area contributed by atoms with E-state index in [2.05, 4.69) is 26.5 Å². The highest BCUT2D eigenvalue weighted by Crippen LogP contribution is 2.11. The number of nitrogens with one attached hydrogen (secondary N) is 1. The smallest absolute Gasteiger partial charge is 0.303 e. The lowest BCUT2D eigenvalue weighted by Gasteiger charge is -2.06. The van der Waals surface area contributed by atoms with E-state index in [-0.39, 0.29) is 18.7 Å². The maximum absolute atomic E-state index is 12.1. The Kier molecular flexibility index (Phi) is 6.05. The Morgan fingerprint density at radius 1 is 0.957 bits per heavy atom. The van der Waals surface area contributed by atoms with Crippen LogP contribution in [-0.4, -0.2) is 22.7 Å². The largest absolute Gasteiger partial charge is 0.481 e. The summed E-state index contributed by atoms with van der Waals surface area (Å²) < 4.78 is 0.879. The number of amides is 1. The third-order valence-corrected chi connectivity index (χ3v) is 3.61. The third-order valence-electron chi connectivity index (χ3n) is 3.08. The quantitative estimate of drug-likeness (QED) is 0.600. The van der Waals surface area contributed by atoms with Gasteiger partial charge < -0.3 is 5.11 Å². The fourth-order valence-electron chi connectivity index (χ4n) is 1.90. The number of carbonyl (C=O) groups excluding carboxylic acids is 1. The molecule has 5 nitrogen and oxygen atoms in total. The van der Waals surface area contributed by atoms with Gasteiger partial charge in [-0.1, -0.05) is 46.3 Å². The lowest BCUT2D eigenvalue weighted by atomic mass is 10.1. The van der Waals surface area contributed by atoms with E-state index in [0.29, 0.717) is 11.3 Å². The van der Waals surface area contributed by atoms with Crippen molar-refractivity contribution in [2.45, 2.75) is 12.8 Å². The Balaban J connectivity index is 2.14. The van der Waals surface area contributed by atoms with Gasteiger partial charge in [0.05, 0.1) is 12.1 Å². The first-order chi connectivity index (χ1) is 11.1. The van der Waals surface area contributed by atoms with Gasteiger partial charge >= 0.3 is 5.97 Å². The van der Waals surface area contributed by atoms with Crippen LogP contribution in [0.2, 0.25) is 0 Å². The molecule has 6 heteroatoms. The standard InChI is InChI=1S/C17H15BrN2O3/c18-14-8-6-13(7-9-14)17(23)20-19-15(10-11-16(21)22)12-4-2-1-3-5-12/h1-9H,10-11H2,(H,20,23)(H,21,22). The molecule has 0 radical (unpaired) electrons.